The van der Waals surface area contributed by atoms with Crippen molar-refractivity contribution < 1.29 is 0 Å². The third-order valence-corrected chi connectivity index (χ3v) is 5.08. The Labute approximate surface area is 175 Å². The van der Waals surface area contributed by atoms with E-state index in [1.807, 2.05) is 60.7 Å². The Hall–Kier alpha value is -4.16. The van der Waals surface area contributed by atoms with Gasteiger partial charge in [-0.2, -0.15) is 0 Å². The highest BCUT2D eigenvalue weighted by Gasteiger charge is 2.22. The summed E-state index contributed by atoms with van der Waals surface area (Å²) in [6, 6.07) is 10.2. The molecule has 1 heterocycles. The minimum Gasteiger partial charge on any atom is -0.267 e. The second kappa shape index (κ2) is 8.06. The molecule has 30 heavy (non-hydrogen) atoms. The van der Waals surface area contributed by atoms with Crippen LogP contribution in [0.3, 0.4) is 0 Å². The predicted octanol–water partition coefficient (Wildman–Crippen LogP) is 5.99. The smallest absolute Gasteiger partial charge is 0.169 e. The lowest BCUT2D eigenvalue weighted by atomic mass is 10.0. The number of aromatic nitrogens is 3. The summed E-state index contributed by atoms with van der Waals surface area (Å²) >= 11 is 0. The number of nitrogens with zero attached hydrogens (tertiary/aromatic N) is 3. The minimum absolute atomic E-state index is 0.778. The molecule has 3 nitrogen and oxygen atoms in total. The number of rotatable bonds is 3. The van der Waals surface area contributed by atoms with E-state index in [0.717, 1.165) is 34.9 Å². The molecular weight excluding hydrogens is 366 g/mol. The molecule has 0 amide bonds. The minimum atomic E-state index is 0.778. The molecule has 0 N–H and O–H groups in total. The third kappa shape index (κ3) is 3.36. The fraction of sp³-hybridized carbons (Fsp3) is 0.0370. The average molecular weight is 385 g/mol. The van der Waals surface area contributed by atoms with Gasteiger partial charge in [0.1, 0.15) is 0 Å². The highest BCUT2D eigenvalue weighted by atomic mass is 15.3. The molecular formula is C27H19N3. The van der Waals surface area contributed by atoms with Crippen LogP contribution < -0.4 is 0 Å². The van der Waals surface area contributed by atoms with Crippen molar-refractivity contribution in [2.24, 2.45) is 0 Å². The topological polar surface area (TPSA) is 30.7 Å². The first-order valence-electron chi connectivity index (χ1n) is 9.93. The van der Waals surface area contributed by atoms with Crippen molar-refractivity contribution in [1.82, 2.24) is 14.8 Å². The highest BCUT2D eigenvalue weighted by molar-refractivity contribution is 5.81. The van der Waals surface area contributed by atoms with E-state index < -0.39 is 0 Å². The Morgan fingerprint density at radius 1 is 0.800 bits per heavy atom. The second-order valence-electron chi connectivity index (χ2n) is 6.97. The summed E-state index contributed by atoms with van der Waals surface area (Å²) in [5.41, 5.74) is 11.9. The Morgan fingerprint density at radius 2 is 1.63 bits per heavy atom. The fourth-order valence-electron chi connectivity index (χ4n) is 3.66. The third-order valence-electron chi connectivity index (χ3n) is 5.08. The van der Waals surface area contributed by atoms with Crippen LogP contribution in [0, 0.1) is 0 Å². The number of hydrogen-bond donors (Lipinski definition) is 0. The zero-order chi connectivity index (χ0) is 20.2. The molecule has 1 aromatic heterocycles. The van der Waals surface area contributed by atoms with Crippen LogP contribution in [0.2, 0.25) is 0 Å². The van der Waals surface area contributed by atoms with Crippen LogP contribution in [-0.4, -0.2) is 14.8 Å². The maximum absolute atomic E-state index is 4.60. The molecule has 0 bridgehead atoms. The molecule has 0 aliphatic heterocycles. The summed E-state index contributed by atoms with van der Waals surface area (Å²) in [4.78, 5) is 0. The monoisotopic (exact) mass is 385 g/mol. The highest BCUT2D eigenvalue weighted by Crippen LogP contribution is 2.34. The first kappa shape index (κ1) is 17.9. The normalized spacial score (nSPS) is 16.8. The number of hydrogen-bond acceptors (Lipinski definition) is 2. The molecule has 0 saturated heterocycles. The largest absolute Gasteiger partial charge is 0.267 e. The van der Waals surface area contributed by atoms with Gasteiger partial charge in [-0.05, 0) is 41.9 Å². The van der Waals surface area contributed by atoms with Crippen LogP contribution in [0.5, 0.6) is 0 Å². The van der Waals surface area contributed by atoms with E-state index >= 15 is 0 Å². The molecule has 0 atom stereocenters. The molecule has 0 radical (unpaired) electrons. The summed E-state index contributed by atoms with van der Waals surface area (Å²) in [5.74, 6) is 1.57. The van der Waals surface area contributed by atoms with Gasteiger partial charge in [-0.3, -0.25) is 4.57 Å². The fourth-order valence-corrected chi connectivity index (χ4v) is 3.66. The van der Waals surface area contributed by atoms with E-state index in [4.69, 9.17) is 0 Å². The Bertz CT molecular complexity index is 1310. The van der Waals surface area contributed by atoms with Gasteiger partial charge in [0, 0.05) is 11.1 Å². The van der Waals surface area contributed by atoms with Gasteiger partial charge in [-0.25, -0.2) is 0 Å². The molecule has 1 aromatic carbocycles. The van der Waals surface area contributed by atoms with Crippen LogP contribution >= 0.6 is 0 Å². The quantitative estimate of drug-likeness (QED) is 0.608. The maximum atomic E-state index is 4.60. The van der Waals surface area contributed by atoms with Gasteiger partial charge >= 0.3 is 0 Å². The van der Waals surface area contributed by atoms with Crippen molar-refractivity contribution in [3.8, 4) is 11.4 Å². The lowest BCUT2D eigenvalue weighted by molar-refractivity contribution is 1.03. The molecule has 5 rings (SSSR count). The van der Waals surface area contributed by atoms with Crippen molar-refractivity contribution in [2.45, 2.75) is 6.42 Å². The predicted molar refractivity (Wildman–Crippen MR) is 122 cm³/mol. The van der Waals surface area contributed by atoms with Gasteiger partial charge < -0.3 is 0 Å². The first-order chi connectivity index (χ1) is 14.9. The summed E-state index contributed by atoms with van der Waals surface area (Å²) in [7, 11) is 0. The number of benzene rings is 1. The van der Waals surface area contributed by atoms with E-state index in [1.165, 1.54) is 11.1 Å². The maximum Gasteiger partial charge on any atom is 0.169 e. The van der Waals surface area contributed by atoms with Crippen molar-refractivity contribution >= 4 is 11.3 Å². The van der Waals surface area contributed by atoms with Crippen LogP contribution in [0.1, 0.15) is 12.2 Å². The van der Waals surface area contributed by atoms with E-state index in [0.29, 0.717) is 0 Å². The van der Waals surface area contributed by atoms with Gasteiger partial charge in [0.25, 0.3) is 0 Å². The molecule has 0 saturated carbocycles. The molecule has 0 spiro atoms. The number of allylic oxidation sites excluding steroid dienone is 14. The molecule has 0 unspecified atom stereocenters. The van der Waals surface area contributed by atoms with Crippen LogP contribution in [-0.2, 0) is 0 Å². The van der Waals surface area contributed by atoms with E-state index in [9.17, 15) is 0 Å². The second-order valence-corrected chi connectivity index (χ2v) is 6.97. The Balaban J connectivity index is 1.78. The van der Waals surface area contributed by atoms with E-state index in [2.05, 4.69) is 68.7 Å². The lowest BCUT2D eigenvalue weighted by Crippen LogP contribution is -2.07. The summed E-state index contributed by atoms with van der Waals surface area (Å²) in [5, 5.41) is 9.20. The van der Waals surface area contributed by atoms with Crippen molar-refractivity contribution in [1.29, 1.82) is 0 Å². The SMILES string of the molecule is C1=CC=CC(c2nnc(-c3ccccc3)n2C2=C=CC=CC3=C2CC=CC=C3)=CC=1. The van der Waals surface area contributed by atoms with Crippen molar-refractivity contribution in [2.75, 3.05) is 0 Å². The van der Waals surface area contributed by atoms with Crippen molar-refractivity contribution in [3.05, 3.63) is 132 Å². The van der Waals surface area contributed by atoms with Crippen molar-refractivity contribution in [3.63, 3.8) is 0 Å². The summed E-state index contributed by atoms with van der Waals surface area (Å²) in [6.45, 7) is 0. The van der Waals surface area contributed by atoms with Gasteiger partial charge in [0.15, 0.2) is 11.6 Å². The van der Waals surface area contributed by atoms with Crippen LogP contribution in [0.4, 0.5) is 0 Å². The summed E-state index contributed by atoms with van der Waals surface area (Å²) in [6.07, 6.45) is 25.2. The Morgan fingerprint density at radius 3 is 2.57 bits per heavy atom. The van der Waals surface area contributed by atoms with Gasteiger partial charge in [-0.1, -0.05) is 84.7 Å². The molecule has 2 aromatic rings. The molecule has 3 aliphatic rings. The standard InChI is InChI=1S/C27H19N3/c1-2-6-16-22(15-5-1)26-28-29-27(23-17-8-3-9-18-23)30(26)25-20-12-11-14-21-13-7-4-10-19-24(21)25/h1,3-18H,19H2. The molecule has 142 valence electrons. The van der Waals surface area contributed by atoms with E-state index in [-0.39, 0.29) is 0 Å². The first-order valence-corrected chi connectivity index (χ1v) is 9.93. The van der Waals surface area contributed by atoms with Gasteiger partial charge in [0.2, 0.25) is 0 Å². The van der Waals surface area contributed by atoms with Gasteiger partial charge in [0.05, 0.1) is 5.70 Å². The van der Waals surface area contributed by atoms with Crippen LogP contribution in [0.25, 0.3) is 22.7 Å². The summed E-state index contributed by atoms with van der Waals surface area (Å²) < 4.78 is 2.12. The molecule has 0 fully saturated rings. The molecule has 3 aliphatic carbocycles. The van der Waals surface area contributed by atoms with Gasteiger partial charge in [-0.15, -0.1) is 15.9 Å². The zero-order valence-electron chi connectivity index (χ0n) is 16.4. The van der Waals surface area contributed by atoms with Crippen LogP contribution in [0.15, 0.2) is 126 Å². The Kier molecular flexibility index (Phi) is 4.81. The average Bonchev–Trinajstić information content (AvgIpc) is 2.99. The zero-order valence-corrected chi connectivity index (χ0v) is 16.4. The molecule has 3 heteroatoms. The van der Waals surface area contributed by atoms with E-state index in [1.54, 1.807) is 0 Å². The lowest BCUT2D eigenvalue weighted by Gasteiger charge is -2.16.